The second kappa shape index (κ2) is 7.39. The summed E-state index contributed by atoms with van der Waals surface area (Å²) < 4.78 is 0. The van der Waals surface area contributed by atoms with Crippen molar-refractivity contribution < 1.29 is 4.79 Å². The molecular weight excluding hydrogens is 260 g/mol. The Bertz CT molecular complexity index is 422. The Morgan fingerprint density at radius 1 is 1.37 bits per heavy atom. The number of nitrogens with two attached hydrogens (primary N) is 1. The first-order valence-electron chi connectivity index (χ1n) is 6.79. The fraction of sp³-hybridized carbons (Fsp3) is 0.533. The molecule has 0 aromatic heterocycles. The Balaban J connectivity index is 0.00000180. The number of amides is 1. The summed E-state index contributed by atoms with van der Waals surface area (Å²) in [5, 5.41) is 3.01. The first kappa shape index (κ1) is 15.8. The molecule has 1 aliphatic rings. The zero-order chi connectivity index (χ0) is 13.0. The van der Waals surface area contributed by atoms with E-state index in [1.165, 1.54) is 25.7 Å². The van der Waals surface area contributed by atoms with Gasteiger partial charge in [-0.2, -0.15) is 0 Å². The third-order valence-corrected chi connectivity index (χ3v) is 3.80. The fourth-order valence-electron chi connectivity index (χ4n) is 2.78. The fourth-order valence-corrected chi connectivity index (χ4v) is 2.78. The van der Waals surface area contributed by atoms with E-state index in [1.807, 2.05) is 12.1 Å². The summed E-state index contributed by atoms with van der Waals surface area (Å²) in [6.07, 6.45) is 5.07. The molecule has 2 atom stereocenters. The quantitative estimate of drug-likeness (QED) is 0.836. The summed E-state index contributed by atoms with van der Waals surface area (Å²) in [6.45, 7) is 3.07. The summed E-state index contributed by atoms with van der Waals surface area (Å²) >= 11 is 0. The van der Waals surface area contributed by atoms with Crippen molar-refractivity contribution in [1.29, 1.82) is 0 Å². The number of hydrogen-bond donors (Lipinski definition) is 2. The van der Waals surface area contributed by atoms with E-state index in [0.717, 1.165) is 12.5 Å². The van der Waals surface area contributed by atoms with Crippen molar-refractivity contribution in [3.8, 4) is 0 Å². The van der Waals surface area contributed by atoms with Gasteiger partial charge in [-0.25, -0.2) is 0 Å². The molecule has 106 valence electrons. The first-order valence-corrected chi connectivity index (χ1v) is 6.79. The van der Waals surface area contributed by atoms with E-state index in [4.69, 9.17) is 5.73 Å². The lowest BCUT2D eigenvalue weighted by Gasteiger charge is -2.26. The van der Waals surface area contributed by atoms with Gasteiger partial charge in [0.05, 0.1) is 5.56 Å². The monoisotopic (exact) mass is 282 g/mol. The lowest BCUT2D eigenvalue weighted by atomic mass is 9.82. The number of benzene rings is 1. The molecule has 2 rings (SSSR count). The number of para-hydroxylation sites is 1. The smallest absolute Gasteiger partial charge is 0.253 e. The third-order valence-electron chi connectivity index (χ3n) is 3.80. The predicted octanol–water partition coefficient (Wildman–Crippen LogP) is 3.25. The first-order chi connectivity index (χ1) is 8.66. The normalized spacial score (nSPS) is 22.4. The minimum Gasteiger partial charge on any atom is -0.398 e. The number of carbonyl (C=O) groups excluding carboxylic acids is 1. The molecule has 0 radical (unpaired) electrons. The van der Waals surface area contributed by atoms with Gasteiger partial charge < -0.3 is 11.1 Å². The molecule has 1 aromatic rings. The maximum atomic E-state index is 12.0. The van der Waals surface area contributed by atoms with Crippen molar-refractivity contribution in [2.24, 2.45) is 11.8 Å². The van der Waals surface area contributed by atoms with Gasteiger partial charge in [0.15, 0.2) is 0 Å². The molecule has 0 heterocycles. The molecule has 1 aliphatic carbocycles. The zero-order valence-corrected chi connectivity index (χ0v) is 12.2. The molecule has 0 saturated heterocycles. The van der Waals surface area contributed by atoms with Crippen molar-refractivity contribution >= 4 is 24.0 Å². The molecule has 19 heavy (non-hydrogen) atoms. The molecule has 1 fully saturated rings. The highest BCUT2D eigenvalue weighted by molar-refractivity contribution is 5.99. The van der Waals surface area contributed by atoms with Crippen LogP contribution < -0.4 is 11.1 Å². The van der Waals surface area contributed by atoms with Crippen molar-refractivity contribution in [2.45, 2.75) is 32.6 Å². The average molecular weight is 283 g/mol. The highest BCUT2D eigenvalue weighted by atomic mass is 35.5. The van der Waals surface area contributed by atoms with Gasteiger partial charge in [0, 0.05) is 12.2 Å². The van der Waals surface area contributed by atoms with Gasteiger partial charge in [-0.1, -0.05) is 31.9 Å². The van der Waals surface area contributed by atoms with Crippen LogP contribution in [0.2, 0.25) is 0 Å². The molecule has 0 bridgehead atoms. The largest absolute Gasteiger partial charge is 0.398 e. The molecule has 3 nitrogen and oxygen atoms in total. The number of nitrogen functional groups attached to an aromatic ring is 1. The molecule has 2 unspecified atom stereocenters. The lowest BCUT2D eigenvalue weighted by molar-refractivity contribution is 0.0941. The Labute approximate surface area is 121 Å². The number of halogens is 1. The van der Waals surface area contributed by atoms with Crippen molar-refractivity contribution in [3.05, 3.63) is 29.8 Å². The van der Waals surface area contributed by atoms with Gasteiger partial charge in [-0.15, -0.1) is 12.4 Å². The van der Waals surface area contributed by atoms with Crippen LogP contribution in [0.5, 0.6) is 0 Å². The minimum absolute atomic E-state index is 0. The lowest BCUT2D eigenvalue weighted by Crippen LogP contribution is -2.31. The van der Waals surface area contributed by atoms with Crippen LogP contribution >= 0.6 is 12.4 Å². The summed E-state index contributed by atoms with van der Waals surface area (Å²) in [5.74, 6) is 1.37. The minimum atomic E-state index is -0.0497. The molecule has 1 aromatic carbocycles. The van der Waals surface area contributed by atoms with E-state index in [9.17, 15) is 4.79 Å². The summed E-state index contributed by atoms with van der Waals surface area (Å²) in [7, 11) is 0. The van der Waals surface area contributed by atoms with Crippen LogP contribution in [0.4, 0.5) is 5.69 Å². The van der Waals surface area contributed by atoms with Gasteiger partial charge in [0.1, 0.15) is 0 Å². The van der Waals surface area contributed by atoms with Gasteiger partial charge >= 0.3 is 0 Å². The second-order valence-corrected chi connectivity index (χ2v) is 5.44. The number of rotatable bonds is 3. The molecule has 3 N–H and O–H groups in total. The number of nitrogens with one attached hydrogen (secondary N) is 1. The highest BCUT2D eigenvalue weighted by Crippen LogP contribution is 2.28. The van der Waals surface area contributed by atoms with Crippen molar-refractivity contribution in [3.63, 3.8) is 0 Å². The summed E-state index contributed by atoms with van der Waals surface area (Å²) in [6, 6.07) is 7.22. The SMILES string of the molecule is CC1CCCC(CNC(=O)c2ccccc2N)C1.Cl. The maximum Gasteiger partial charge on any atom is 0.253 e. The zero-order valence-electron chi connectivity index (χ0n) is 11.4. The maximum absolute atomic E-state index is 12.0. The molecule has 1 amide bonds. The Kier molecular flexibility index (Phi) is 6.16. The van der Waals surface area contributed by atoms with Gasteiger partial charge in [0.2, 0.25) is 0 Å². The summed E-state index contributed by atoms with van der Waals surface area (Å²) in [5.41, 5.74) is 6.92. The molecule has 0 spiro atoms. The van der Waals surface area contributed by atoms with E-state index in [1.54, 1.807) is 12.1 Å². The van der Waals surface area contributed by atoms with Crippen molar-refractivity contribution in [2.75, 3.05) is 12.3 Å². The Morgan fingerprint density at radius 3 is 2.79 bits per heavy atom. The summed E-state index contributed by atoms with van der Waals surface area (Å²) in [4.78, 5) is 12.0. The van der Waals surface area contributed by atoms with Crippen LogP contribution in [-0.2, 0) is 0 Å². The molecule has 4 heteroatoms. The second-order valence-electron chi connectivity index (χ2n) is 5.44. The molecule has 0 aliphatic heterocycles. The third kappa shape index (κ3) is 4.43. The van der Waals surface area contributed by atoms with Crippen LogP contribution in [-0.4, -0.2) is 12.5 Å². The van der Waals surface area contributed by atoms with Crippen LogP contribution in [0.3, 0.4) is 0 Å². The average Bonchev–Trinajstić information content (AvgIpc) is 2.37. The van der Waals surface area contributed by atoms with E-state index in [-0.39, 0.29) is 18.3 Å². The van der Waals surface area contributed by atoms with Crippen molar-refractivity contribution in [1.82, 2.24) is 5.32 Å². The van der Waals surface area contributed by atoms with Gasteiger partial charge in [-0.05, 0) is 36.8 Å². The predicted molar refractivity (Wildman–Crippen MR) is 81.6 cm³/mol. The van der Waals surface area contributed by atoms with E-state index < -0.39 is 0 Å². The van der Waals surface area contributed by atoms with E-state index in [2.05, 4.69) is 12.2 Å². The van der Waals surface area contributed by atoms with Gasteiger partial charge in [0.25, 0.3) is 5.91 Å². The van der Waals surface area contributed by atoms with Crippen LogP contribution in [0.15, 0.2) is 24.3 Å². The van der Waals surface area contributed by atoms with Gasteiger partial charge in [-0.3, -0.25) is 4.79 Å². The van der Waals surface area contributed by atoms with E-state index >= 15 is 0 Å². The Hall–Kier alpha value is -1.22. The van der Waals surface area contributed by atoms with Crippen LogP contribution in [0, 0.1) is 11.8 Å². The number of anilines is 1. The number of carbonyl (C=O) groups is 1. The standard InChI is InChI=1S/C15H22N2O.ClH/c1-11-5-4-6-12(9-11)10-17-15(18)13-7-2-3-8-14(13)16;/h2-3,7-8,11-12H,4-6,9-10,16H2,1H3,(H,17,18);1H. The Morgan fingerprint density at radius 2 is 2.11 bits per heavy atom. The topological polar surface area (TPSA) is 55.1 Å². The number of hydrogen-bond acceptors (Lipinski definition) is 2. The molecular formula is C15H23ClN2O. The molecule has 1 saturated carbocycles. The highest BCUT2D eigenvalue weighted by Gasteiger charge is 2.19. The van der Waals surface area contributed by atoms with Crippen LogP contribution in [0.25, 0.3) is 0 Å². The van der Waals surface area contributed by atoms with E-state index in [0.29, 0.717) is 17.2 Å². The van der Waals surface area contributed by atoms with Crippen LogP contribution in [0.1, 0.15) is 43.0 Å².